The Bertz CT molecular complexity index is 906. The summed E-state index contributed by atoms with van der Waals surface area (Å²) in [5.74, 6) is 0.952. The molecule has 27 heavy (non-hydrogen) atoms. The van der Waals surface area contributed by atoms with Crippen LogP contribution in [-0.2, 0) is 12.8 Å². The van der Waals surface area contributed by atoms with Gasteiger partial charge in [0.15, 0.2) is 0 Å². The Labute approximate surface area is 177 Å². The van der Waals surface area contributed by atoms with E-state index in [0.717, 1.165) is 39.0 Å². The summed E-state index contributed by atoms with van der Waals surface area (Å²) in [4.78, 5) is 14.3. The van der Waals surface area contributed by atoms with Crippen LogP contribution < -0.4 is 10.6 Å². The number of thiophene rings is 1. The molecule has 0 unspecified atom stereocenters. The van der Waals surface area contributed by atoms with Crippen molar-refractivity contribution in [1.29, 1.82) is 0 Å². The molecular weight excluding hydrogens is 471 g/mol. The number of carbonyl (C=O) groups excluding carboxylic acids is 1. The van der Waals surface area contributed by atoms with Crippen LogP contribution in [0.4, 0.5) is 5.00 Å². The number of benzene rings is 1. The molecule has 144 valence electrons. The van der Waals surface area contributed by atoms with Crippen molar-refractivity contribution in [2.24, 2.45) is 11.3 Å². The van der Waals surface area contributed by atoms with Gasteiger partial charge in [0.05, 0.1) is 9.13 Å². The van der Waals surface area contributed by atoms with Gasteiger partial charge >= 0.3 is 0 Å². The van der Waals surface area contributed by atoms with Gasteiger partial charge in [-0.05, 0) is 76.4 Å². The first-order valence-corrected chi connectivity index (χ1v) is 11.4. The van der Waals surface area contributed by atoms with E-state index in [2.05, 4.69) is 54.0 Å². The number of amides is 1. The Balaban J connectivity index is 1.63. The van der Waals surface area contributed by atoms with Crippen molar-refractivity contribution in [2.75, 3.05) is 5.32 Å². The molecule has 1 aliphatic heterocycles. The van der Waals surface area contributed by atoms with Crippen molar-refractivity contribution in [3.63, 3.8) is 0 Å². The van der Waals surface area contributed by atoms with Gasteiger partial charge in [0.1, 0.15) is 16.9 Å². The first-order valence-electron chi connectivity index (χ1n) is 9.50. The molecule has 2 heterocycles. The van der Waals surface area contributed by atoms with Crippen LogP contribution in [0.2, 0.25) is 0 Å². The smallest absolute Gasteiger partial charge is 0.256 e. The highest BCUT2D eigenvalue weighted by Crippen LogP contribution is 2.47. The summed E-state index contributed by atoms with van der Waals surface area (Å²) < 4.78 is 0.780. The summed E-state index contributed by atoms with van der Waals surface area (Å²) in [6.07, 6.45) is 4.14. The van der Waals surface area contributed by atoms with Crippen LogP contribution >= 0.6 is 33.9 Å². The molecule has 1 amide bonds. The van der Waals surface area contributed by atoms with Crippen LogP contribution in [0, 0.1) is 14.9 Å². The highest BCUT2D eigenvalue weighted by Gasteiger charge is 2.37. The third-order valence-electron chi connectivity index (χ3n) is 6.36. The normalized spacial score (nSPS) is 21.9. The van der Waals surface area contributed by atoms with Crippen molar-refractivity contribution < 1.29 is 9.90 Å². The third kappa shape index (κ3) is 3.35. The fourth-order valence-corrected chi connectivity index (χ4v) is 6.02. The van der Waals surface area contributed by atoms with E-state index in [0.29, 0.717) is 11.3 Å². The SMILES string of the molecule is CCC(C)(C)[C@H]1CCc2c(sc3c2C(=O)N[C@@H](c2ccc(O)c(I)c2)N3)C1. The van der Waals surface area contributed by atoms with Gasteiger partial charge in [-0.3, -0.25) is 4.79 Å². The van der Waals surface area contributed by atoms with Crippen LogP contribution in [0.25, 0.3) is 0 Å². The minimum Gasteiger partial charge on any atom is -0.507 e. The molecule has 3 N–H and O–H groups in total. The van der Waals surface area contributed by atoms with E-state index in [-0.39, 0.29) is 17.8 Å². The first-order chi connectivity index (χ1) is 12.8. The summed E-state index contributed by atoms with van der Waals surface area (Å²) >= 11 is 3.86. The zero-order valence-electron chi connectivity index (χ0n) is 15.9. The Hall–Kier alpha value is -1.28. The van der Waals surface area contributed by atoms with Gasteiger partial charge < -0.3 is 15.7 Å². The Morgan fingerprint density at radius 1 is 1.33 bits per heavy atom. The average Bonchev–Trinajstić information content (AvgIpc) is 3.02. The zero-order chi connectivity index (χ0) is 19.3. The molecule has 2 atom stereocenters. The lowest BCUT2D eigenvalue weighted by molar-refractivity contribution is 0.0934. The lowest BCUT2D eigenvalue weighted by atomic mass is 9.69. The summed E-state index contributed by atoms with van der Waals surface area (Å²) in [6.45, 7) is 7.00. The summed E-state index contributed by atoms with van der Waals surface area (Å²) in [6, 6.07) is 5.44. The lowest BCUT2D eigenvalue weighted by Gasteiger charge is -2.36. The molecule has 4 rings (SSSR count). The van der Waals surface area contributed by atoms with Gasteiger partial charge in [0.2, 0.25) is 0 Å². The number of rotatable bonds is 3. The average molecular weight is 496 g/mol. The van der Waals surface area contributed by atoms with Gasteiger partial charge in [0.25, 0.3) is 5.91 Å². The minimum atomic E-state index is -0.262. The zero-order valence-corrected chi connectivity index (χ0v) is 18.8. The van der Waals surface area contributed by atoms with Crippen LogP contribution in [0.3, 0.4) is 0 Å². The highest BCUT2D eigenvalue weighted by atomic mass is 127. The van der Waals surface area contributed by atoms with E-state index < -0.39 is 0 Å². The summed E-state index contributed by atoms with van der Waals surface area (Å²) in [5, 5.41) is 17.4. The van der Waals surface area contributed by atoms with E-state index in [4.69, 9.17) is 0 Å². The Kier molecular flexibility index (Phi) is 4.91. The number of hydrogen-bond donors (Lipinski definition) is 3. The second-order valence-corrected chi connectivity index (χ2v) is 10.5. The quantitative estimate of drug-likeness (QED) is 0.495. The maximum absolute atomic E-state index is 12.9. The number of aromatic hydroxyl groups is 1. The molecule has 6 heteroatoms. The van der Waals surface area contributed by atoms with Crippen molar-refractivity contribution >= 4 is 44.8 Å². The topological polar surface area (TPSA) is 61.4 Å². The number of phenols is 1. The number of phenolic OH excluding ortho intramolecular Hbond substituents is 1. The molecule has 0 saturated heterocycles. The van der Waals surface area contributed by atoms with E-state index in [9.17, 15) is 9.90 Å². The van der Waals surface area contributed by atoms with Crippen LogP contribution in [0.1, 0.15) is 66.1 Å². The molecule has 1 aliphatic carbocycles. The second kappa shape index (κ2) is 6.95. The van der Waals surface area contributed by atoms with E-state index in [1.165, 1.54) is 16.9 Å². The van der Waals surface area contributed by atoms with Crippen LogP contribution in [-0.4, -0.2) is 11.0 Å². The van der Waals surface area contributed by atoms with E-state index in [1.807, 2.05) is 12.1 Å². The molecule has 0 spiro atoms. The van der Waals surface area contributed by atoms with E-state index in [1.54, 1.807) is 17.4 Å². The number of fused-ring (bicyclic) bond motifs is 3. The lowest BCUT2D eigenvalue weighted by Crippen LogP contribution is -2.38. The van der Waals surface area contributed by atoms with Crippen molar-refractivity contribution in [1.82, 2.24) is 5.32 Å². The fourth-order valence-electron chi connectivity index (χ4n) is 4.12. The Morgan fingerprint density at radius 3 is 2.81 bits per heavy atom. The molecule has 0 fully saturated rings. The molecule has 1 aromatic carbocycles. The van der Waals surface area contributed by atoms with E-state index >= 15 is 0 Å². The largest absolute Gasteiger partial charge is 0.507 e. The molecule has 1 aromatic heterocycles. The fraction of sp³-hybridized carbons (Fsp3) is 0.476. The maximum atomic E-state index is 12.9. The molecule has 2 aliphatic rings. The first kappa shape index (κ1) is 19.1. The number of nitrogens with one attached hydrogen (secondary N) is 2. The van der Waals surface area contributed by atoms with Crippen molar-refractivity contribution in [3.8, 4) is 5.75 Å². The maximum Gasteiger partial charge on any atom is 0.256 e. The number of carbonyl (C=O) groups is 1. The van der Waals surface area contributed by atoms with Crippen LogP contribution in [0.15, 0.2) is 18.2 Å². The second-order valence-electron chi connectivity index (χ2n) is 8.25. The highest BCUT2D eigenvalue weighted by molar-refractivity contribution is 14.1. The standard InChI is InChI=1S/C21H25IN2O2S/c1-4-21(2,3)12-6-7-13-16(10-12)27-20-17(13)19(26)23-18(24-20)11-5-8-15(25)14(22)9-11/h5,8-9,12,18,24-25H,4,6-7,10H2,1-3H3,(H,23,26)/t12-,18+/m0/s1. The monoisotopic (exact) mass is 496 g/mol. The number of halogens is 1. The van der Waals surface area contributed by atoms with Gasteiger partial charge in [-0.25, -0.2) is 0 Å². The van der Waals surface area contributed by atoms with Crippen molar-refractivity contribution in [2.45, 2.75) is 52.6 Å². The Morgan fingerprint density at radius 2 is 2.11 bits per heavy atom. The van der Waals surface area contributed by atoms with Gasteiger partial charge in [-0.15, -0.1) is 11.3 Å². The molecule has 0 bridgehead atoms. The molecule has 0 radical (unpaired) electrons. The minimum absolute atomic E-state index is 0.0162. The summed E-state index contributed by atoms with van der Waals surface area (Å²) in [5.41, 5.74) is 3.39. The molecule has 4 nitrogen and oxygen atoms in total. The van der Waals surface area contributed by atoms with Gasteiger partial charge in [-0.2, -0.15) is 0 Å². The number of anilines is 1. The third-order valence-corrected chi connectivity index (χ3v) is 8.41. The predicted molar refractivity (Wildman–Crippen MR) is 119 cm³/mol. The van der Waals surface area contributed by atoms with Crippen molar-refractivity contribution in [3.05, 3.63) is 43.3 Å². The van der Waals surface area contributed by atoms with Gasteiger partial charge in [0, 0.05) is 4.88 Å². The number of hydrogen-bond acceptors (Lipinski definition) is 4. The predicted octanol–water partition coefficient (Wildman–Crippen LogP) is 5.45. The van der Waals surface area contributed by atoms with Gasteiger partial charge in [-0.1, -0.05) is 33.3 Å². The molecule has 0 saturated carbocycles. The molecule has 2 aromatic rings. The van der Waals surface area contributed by atoms with Crippen LogP contribution in [0.5, 0.6) is 5.75 Å². The molecular formula is C21H25IN2O2S. The summed E-state index contributed by atoms with van der Waals surface area (Å²) in [7, 11) is 0.